The lowest BCUT2D eigenvalue weighted by molar-refractivity contribution is 1.18. The zero-order valence-electron chi connectivity index (χ0n) is 20.5. The van der Waals surface area contributed by atoms with Crippen molar-refractivity contribution in [3.05, 3.63) is 127 Å². The third-order valence-corrected chi connectivity index (χ3v) is 8.05. The Kier molecular flexibility index (Phi) is 3.79. The van der Waals surface area contributed by atoms with Gasteiger partial charge in [0.2, 0.25) is 0 Å². The molecule has 0 fully saturated rings. The van der Waals surface area contributed by atoms with Crippen LogP contribution in [-0.2, 0) is 0 Å². The summed E-state index contributed by atoms with van der Waals surface area (Å²) < 4.78 is 4.81. The molecule has 0 N–H and O–H groups in total. The summed E-state index contributed by atoms with van der Waals surface area (Å²) in [5.74, 6) is 0.977. The predicted molar refractivity (Wildman–Crippen MR) is 159 cm³/mol. The normalized spacial score (nSPS) is 12.2. The Bertz CT molecular complexity index is 2330. The number of fused-ring (bicyclic) bond motifs is 4. The molecular formula is C35H21N3. The first-order chi connectivity index (χ1) is 18.9. The van der Waals surface area contributed by atoms with E-state index in [0.717, 1.165) is 16.9 Å². The van der Waals surface area contributed by atoms with Gasteiger partial charge in [0.15, 0.2) is 0 Å². The van der Waals surface area contributed by atoms with Crippen molar-refractivity contribution in [2.45, 2.75) is 0 Å². The summed E-state index contributed by atoms with van der Waals surface area (Å²) >= 11 is 0. The molecule has 176 valence electrons. The molecule has 0 saturated carbocycles. The lowest BCUT2D eigenvalue weighted by atomic mass is 10.0. The Morgan fingerprint density at radius 3 is 2.08 bits per heavy atom. The lowest BCUT2D eigenvalue weighted by Gasteiger charge is -2.09. The van der Waals surface area contributed by atoms with Gasteiger partial charge in [0.25, 0.3) is 0 Å². The molecule has 3 heterocycles. The van der Waals surface area contributed by atoms with Crippen molar-refractivity contribution < 1.29 is 0 Å². The van der Waals surface area contributed by atoms with Gasteiger partial charge in [-0.15, -0.1) is 0 Å². The fourth-order valence-corrected chi connectivity index (χ4v) is 6.52. The van der Waals surface area contributed by atoms with Crippen molar-refractivity contribution in [1.82, 2.24) is 14.0 Å². The zero-order valence-corrected chi connectivity index (χ0v) is 20.5. The van der Waals surface area contributed by atoms with Crippen LogP contribution in [0.4, 0.5) is 0 Å². The highest BCUT2D eigenvalue weighted by Gasteiger charge is 2.23. The maximum Gasteiger partial charge on any atom is 0.146 e. The quantitative estimate of drug-likeness (QED) is 0.240. The summed E-state index contributed by atoms with van der Waals surface area (Å²) in [6, 6.07) is 45.7. The summed E-state index contributed by atoms with van der Waals surface area (Å²) in [5.41, 5.74) is 8.07. The van der Waals surface area contributed by atoms with E-state index in [1.54, 1.807) is 0 Å². The molecule has 3 aromatic heterocycles. The average molecular weight is 484 g/mol. The van der Waals surface area contributed by atoms with Gasteiger partial charge in [0.1, 0.15) is 5.82 Å². The molecule has 0 bridgehead atoms. The van der Waals surface area contributed by atoms with E-state index in [-0.39, 0.29) is 0 Å². The van der Waals surface area contributed by atoms with Gasteiger partial charge in [-0.1, -0.05) is 91.0 Å². The fraction of sp³-hybridized carbons (Fsp3) is 0. The Morgan fingerprint density at radius 1 is 0.474 bits per heavy atom. The van der Waals surface area contributed by atoms with Gasteiger partial charge in [-0.25, -0.2) is 4.98 Å². The number of para-hydroxylation sites is 2. The predicted octanol–water partition coefficient (Wildman–Crippen LogP) is 9.00. The van der Waals surface area contributed by atoms with Crippen LogP contribution < -0.4 is 0 Å². The van der Waals surface area contributed by atoms with Crippen molar-refractivity contribution in [2.75, 3.05) is 0 Å². The Hall–Kier alpha value is -5.15. The molecule has 0 aliphatic rings. The van der Waals surface area contributed by atoms with Crippen LogP contribution in [0.5, 0.6) is 0 Å². The summed E-state index contributed by atoms with van der Waals surface area (Å²) in [6.45, 7) is 0. The monoisotopic (exact) mass is 483 g/mol. The summed E-state index contributed by atoms with van der Waals surface area (Å²) in [5, 5.41) is 7.46. The zero-order chi connectivity index (χ0) is 24.8. The maximum atomic E-state index is 5.32. The number of aromatic nitrogens is 3. The highest BCUT2D eigenvalue weighted by atomic mass is 15.0. The van der Waals surface area contributed by atoms with Crippen molar-refractivity contribution in [3.63, 3.8) is 0 Å². The topological polar surface area (TPSA) is 22.2 Å². The van der Waals surface area contributed by atoms with Crippen LogP contribution in [-0.4, -0.2) is 14.0 Å². The third kappa shape index (κ3) is 2.45. The molecule has 9 rings (SSSR count). The molecule has 0 aliphatic carbocycles. The molecule has 0 unspecified atom stereocenters. The van der Waals surface area contributed by atoms with Gasteiger partial charge < -0.3 is 4.57 Å². The second kappa shape index (κ2) is 7.21. The molecule has 0 atom stereocenters. The van der Waals surface area contributed by atoms with E-state index < -0.39 is 0 Å². The van der Waals surface area contributed by atoms with Gasteiger partial charge >= 0.3 is 0 Å². The van der Waals surface area contributed by atoms with Gasteiger partial charge in [0.05, 0.1) is 27.6 Å². The highest BCUT2D eigenvalue weighted by Crippen LogP contribution is 2.44. The second-order valence-electron chi connectivity index (χ2n) is 10.0. The molecule has 3 nitrogen and oxygen atoms in total. The number of hydrogen-bond acceptors (Lipinski definition) is 1. The van der Waals surface area contributed by atoms with Crippen LogP contribution in [0, 0.1) is 0 Å². The Labute approximate surface area is 218 Å². The van der Waals surface area contributed by atoms with Gasteiger partial charge in [-0.3, -0.25) is 4.40 Å². The SMILES string of the molecule is c1ccc(-n2c3cccc4c5ccccc5n5c(-c6cccc7ccccc67)nc6ccc2c(c43)c65)cc1. The number of nitrogens with zero attached hydrogens (tertiary/aromatic N) is 3. The number of hydrogen-bond donors (Lipinski definition) is 0. The van der Waals surface area contributed by atoms with E-state index >= 15 is 0 Å². The minimum absolute atomic E-state index is 0.977. The first kappa shape index (κ1) is 20.0. The van der Waals surface area contributed by atoms with Crippen molar-refractivity contribution in [2.24, 2.45) is 0 Å². The van der Waals surface area contributed by atoms with Crippen LogP contribution in [0.25, 0.3) is 77.0 Å². The van der Waals surface area contributed by atoms with Crippen LogP contribution >= 0.6 is 0 Å². The standard InChI is InChI=1S/C35H21N3/c1-2-12-23(13-3-1)37-30-19-9-16-26-25-15-6-7-18-29(25)38-34-28(20-21-31(37)33(34)32(26)30)36-35(38)27-17-8-11-22-10-4-5-14-24(22)27/h1-21H. The molecule has 0 amide bonds. The molecule has 0 saturated heterocycles. The summed E-state index contributed by atoms with van der Waals surface area (Å²) in [7, 11) is 0. The van der Waals surface area contributed by atoms with Crippen LogP contribution in [0.1, 0.15) is 0 Å². The number of imidazole rings is 1. The van der Waals surface area contributed by atoms with Crippen molar-refractivity contribution in [1.29, 1.82) is 0 Å². The van der Waals surface area contributed by atoms with E-state index in [9.17, 15) is 0 Å². The highest BCUT2D eigenvalue weighted by molar-refractivity contribution is 6.30. The number of benzene rings is 6. The minimum atomic E-state index is 0.977. The smallest absolute Gasteiger partial charge is 0.146 e. The van der Waals surface area contributed by atoms with Crippen molar-refractivity contribution in [3.8, 4) is 17.1 Å². The molecule has 0 aliphatic heterocycles. The fourth-order valence-electron chi connectivity index (χ4n) is 6.52. The molecule has 0 spiro atoms. The summed E-state index contributed by atoms with van der Waals surface area (Å²) in [6.07, 6.45) is 0. The van der Waals surface area contributed by atoms with E-state index in [1.165, 1.54) is 60.1 Å². The molecule has 6 aromatic carbocycles. The maximum absolute atomic E-state index is 5.32. The lowest BCUT2D eigenvalue weighted by Crippen LogP contribution is -1.94. The van der Waals surface area contributed by atoms with E-state index in [2.05, 4.69) is 136 Å². The number of rotatable bonds is 2. The van der Waals surface area contributed by atoms with Gasteiger partial charge in [-0.2, -0.15) is 0 Å². The van der Waals surface area contributed by atoms with E-state index in [1.807, 2.05) is 0 Å². The molecule has 9 aromatic rings. The third-order valence-electron chi connectivity index (χ3n) is 8.05. The molecule has 3 heteroatoms. The van der Waals surface area contributed by atoms with E-state index in [0.29, 0.717) is 0 Å². The van der Waals surface area contributed by atoms with Crippen LogP contribution in [0.3, 0.4) is 0 Å². The summed E-state index contributed by atoms with van der Waals surface area (Å²) in [4.78, 5) is 5.32. The van der Waals surface area contributed by atoms with Crippen molar-refractivity contribution >= 4 is 59.9 Å². The minimum Gasteiger partial charge on any atom is -0.309 e. The Morgan fingerprint density at radius 2 is 1.16 bits per heavy atom. The van der Waals surface area contributed by atoms with Gasteiger partial charge in [-0.05, 0) is 52.6 Å². The first-order valence-electron chi connectivity index (χ1n) is 13.0. The molecular weight excluding hydrogens is 462 g/mol. The second-order valence-corrected chi connectivity index (χ2v) is 10.0. The molecule has 38 heavy (non-hydrogen) atoms. The van der Waals surface area contributed by atoms with E-state index in [4.69, 9.17) is 4.98 Å². The van der Waals surface area contributed by atoms with Crippen LogP contribution in [0.2, 0.25) is 0 Å². The first-order valence-corrected chi connectivity index (χ1v) is 13.0. The van der Waals surface area contributed by atoms with Gasteiger partial charge in [0, 0.05) is 27.4 Å². The largest absolute Gasteiger partial charge is 0.309 e. The Balaban J connectivity index is 1.60. The average Bonchev–Trinajstić information content (AvgIpc) is 3.49. The molecule has 0 radical (unpaired) electrons. The van der Waals surface area contributed by atoms with Crippen LogP contribution in [0.15, 0.2) is 127 Å².